The summed E-state index contributed by atoms with van der Waals surface area (Å²) in [4.78, 5) is 15.8. The molecule has 0 saturated heterocycles. The van der Waals surface area contributed by atoms with Gasteiger partial charge in [0.2, 0.25) is 0 Å². The molecule has 1 spiro atoms. The number of nitrogens with zero attached hydrogens (tertiary/aromatic N) is 1. The van der Waals surface area contributed by atoms with Gasteiger partial charge in [0, 0.05) is 10.0 Å². The van der Waals surface area contributed by atoms with E-state index in [1.54, 1.807) is 6.08 Å². The Labute approximate surface area is 112 Å². The maximum absolute atomic E-state index is 11.4. The standard InChI is InChI=1S/C13H11BrN2O2/c14-8-1-2-10-7(5-8)6-9(11(17)18)13(3-4-13)12(15)16-10/h1-2,5-6H,3-4H2,(H2,15,16)(H,17,18). The summed E-state index contributed by atoms with van der Waals surface area (Å²) in [5.74, 6) is -0.504. The second-order valence-electron chi connectivity index (χ2n) is 4.65. The molecule has 3 N–H and O–H groups in total. The maximum Gasteiger partial charge on any atom is 0.332 e. The first-order valence-electron chi connectivity index (χ1n) is 5.63. The molecule has 2 aliphatic rings. The molecule has 1 aromatic rings. The van der Waals surface area contributed by atoms with Crippen LogP contribution >= 0.6 is 15.9 Å². The molecule has 1 saturated carbocycles. The first-order chi connectivity index (χ1) is 8.53. The van der Waals surface area contributed by atoms with Crippen LogP contribution in [0.2, 0.25) is 0 Å². The van der Waals surface area contributed by atoms with E-state index in [0.29, 0.717) is 11.4 Å². The summed E-state index contributed by atoms with van der Waals surface area (Å²) >= 11 is 3.38. The summed E-state index contributed by atoms with van der Waals surface area (Å²) in [6.07, 6.45) is 3.21. The summed E-state index contributed by atoms with van der Waals surface area (Å²) in [7, 11) is 0. The Kier molecular flexibility index (Phi) is 2.35. The zero-order valence-electron chi connectivity index (χ0n) is 9.48. The third kappa shape index (κ3) is 1.58. The number of aliphatic imine (C=N–C) groups is 1. The van der Waals surface area contributed by atoms with Crippen LogP contribution in [-0.2, 0) is 4.79 Å². The summed E-state index contributed by atoms with van der Waals surface area (Å²) in [5, 5.41) is 9.36. The fourth-order valence-electron chi connectivity index (χ4n) is 2.33. The molecule has 1 aliphatic carbocycles. The number of hydrogen-bond acceptors (Lipinski definition) is 3. The topological polar surface area (TPSA) is 75.7 Å². The molecule has 0 bridgehead atoms. The first-order valence-corrected chi connectivity index (χ1v) is 6.42. The molecule has 0 amide bonds. The lowest BCUT2D eigenvalue weighted by molar-refractivity contribution is -0.133. The zero-order chi connectivity index (χ0) is 12.9. The van der Waals surface area contributed by atoms with Gasteiger partial charge in [-0.1, -0.05) is 15.9 Å². The highest BCUT2D eigenvalue weighted by atomic mass is 79.9. The average Bonchev–Trinajstić information content (AvgIpc) is 3.10. The molecule has 5 heteroatoms. The van der Waals surface area contributed by atoms with Gasteiger partial charge >= 0.3 is 5.97 Å². The van der Waals surface area contributed by atoms with Crippen molar-refractivity contribution in [2.45, 2.75) is 12.8 Å². The second-order valence-corrected chi connectivity index (χ2v) is 5.56. The molecule has 1 aliphatic heterocycles. The van der Waals surface area contributed by atoms with Crippen LogP contribution in [0, 0.1) is 5.41 Å². The third-order valence-corrected chi connectivity index (χ3v) is 4.01. The highest BCUT2D eigenvalue weighted by molar-refractivity contribution is 9.10. The van der Waals surface area contributed by atoms with Crippen LogP contribution in [0.25, 0.3) is 6.08 Å². The Bertz CT molecular complexity index is 615. The quantitative estimate of drug-likeness (QED) is 0.837. The summed E-state index contributed by atoms with van der Waals surface area (Å²) in [6.45, 7) is 0. The molecule has 92 valence electrons. The lowest BCUT2D eigenvalue weighted by Crippen LogP contribution is -2.29. The van der Waals surface area contributed by atoms with Crippen molar-refractivity contribution < 1.29 is 9.90 Å². The molecule has 3 rings (SSSR count). The van der Waals surface area contributed by atoms with Gasteiger partial charge in [-0.3, -0.25) is 0 Å². The zero-order valence-corrected chi connectivity index (χ0v) is 11.1. The largest absolute Gasteiger partial charge is 0.478 e. The summed E-state index contributed by atoms with van der Waals surface area (Å²) in [5.41, 5.74) is 7.30. The van der Waals surface area contributed by atoms with Crippen LogP contribution in [0.5, 0.6) is 0 Å². The third-order valence-electron chi connectivity index (χ3n) is 3.52. The van der Waals surface area contributed by atoms with Crippen LogP contribution in [0.15, 0.2) is 33.2 Å². The number of fused-ring (bicyclic) bond motifs is 1. The van der Waals surface area contributed by atoms with E-state index in [1.807, 2.05) is 18.2 Å². The van der Waals surface area contributed by atoms with Crippen molar-refractivity contribution in [2.24, 2.45) is 16.1 Å². The lowest BCUT2D eigenvalue weighted by atomic mass is 9.93. The van der Waals surface area contributed by atoms with E-state index < -0.39 is 11.4 Å². The van der Waals surface area contributed by atoms with Crippen LogP contribution in [0.1, 0.15) is 18.4 Å². The highest BCUT2D eigenvalue weighted by Gasteiger charge is 2.53. The fraction of sp³-hybridized carbons (Fsp3) is 0.231. The van der Waals surface area contributed by atoms with Gasteiger partial charge in [-0.25, -0.2) is 9.79 Å². The van der Waals surface area contributed by atoms with E-state index in [0.717, 1.165) is 28.6 Å². The fourth-order valence-corrected chi connectivity index (χ4v) is 2.71. The monoisotopic (exact) mass is 306 g/mol. The minimum Gasteiger partial charge on any atom is -0.478 e. The molecular weight excluding hydrogens is 296 g/mol. The molecule has 0 atom stereocenters. The molecule has 18 heavy (non-hydrogen) atoms. The average molecular weight is 307 g/mol. The number of nitrogens with two attached hydrogens (primary N) is 1. The van der Waals surface area contributed by atoms with Crippen LogP contribution in [0.4, 0.5) is 5.69 Å². The number of aliphatic carboxylic acids is 1. The molecular formula is C13H11BrN2O2. The minimum atomic E-state index is -0.918. The minimum absolute atomic E-state index is 0.348. The molecule has 1 fully saturated rings. The predicted octanol–water partition coefficient (Wildman–Crippen LogP) is 2.70. The molecule has 1 aromatic carbocycles. The number of carbonyl (C=O) groups is 1. The SMILES string of the molecule is NC1=Nc2ccc(Br)cc2C=C(C(=O)O)C12CC2. The highest BCUT2D eigenvalue weighted by Crippen LogP contribution is 2.54. The smallest absolute Gasteiger partial charge is 0.332 e. The van der Waals surface area contributed by atoms with Crippen molar-refractivity contribution in [1.82, 2.24) is 0 Å². The van der Waals surface area contributed by atoms with Gasteiger partial charge in [-0.15, -0.1) is 0 Å². The van der Waals surface area contributed by atoms with Gasteiger partial charge in [0.15, 0.2) is 0 Å². The van der Waals surface area contributed by atoms with Gasteiger partial charge in [0.25, 0.3) is 0 Å². The maximum atomic E-state index is 11.4. The van der Waals surface area contributed by atoms with Crippen molar-refractivity contribution in [3.63, 3.8) is 0 Å². The van der Waals surface area contributed by atoms with Crippen molar-refractivity contribution in [1.29, 1.82) is 0 Å². The second kappa shape index (κ2) is 3.68. The van der Waals surface area contributed by atoms with Crippen molar-refractivity contribution in [3.05, 3.63) is 33.8 Å². The molecule has 0 unspecified atom stereocenters. The first kappa shape index (κ1) is 11.5. The van der Waals surface area contributed by atoms with Gasteiger partial charge < -0.3 is 10.8 Å². The van der Waals surface area contributed by atoms with Crippen LogP contribution in [-0.4, -0.2) is 16.9 Å². The number of carboxylic acid groups (broad SMARTS) is 1. The van der Waals surface area contributed by atoms with Crippen LogP contribution in [0.3, 0.4) is 0 Å². The lowest BCUT2D eigenvalue weighted by Gasteiger charge is -2.13. The molecule has 0 radical (unpaired) electrons. The number of hydrogen-bond donors (Lipinski definition) is 2. The normalized spacial score (nSPS) is 19.6. The molecule has 1 heterocycles. The summed E-state index contributed by atoms with van der Waals surface area (Å²) in [6, 6.07) is 5.56. The Morgan fingerprint density at radius 2 is 2.17 bits per heavy atom. The van der Waals surface area contributed by atoms with E-state index in [1.165, 1.54) is 0 Å². The van der Waals surface area contributed by atoms with Gasteiger partial charge in [0.1, 0.15) is 5.84 Å². The number of carboxylic acids is 1. The van der Waals surface area contributed by atoms with Crippen LogP contribution < -0.4 is 5.73 Å². The van der Waals surface area contributed by atoms with E-state index in [-0.39, 0.29) is 0 Å². The van der Waals surface area contributed by atoms with Gasteiger partial charge in [-0.2, -0.15) is 0 Å². The number of benzene rings is 1. The van der Waals surface area contributed by atoms with E-state index in [4.69, 9.17) is 5.73 Å². The van der Waals surface area contributed by atoms with Crippen molar-refractivity contribution in [3.8, 4) is 0 Å². The van der Waals surface area contributed by atoms with E-state index >= 15 is 0 Å². The van der Waals surface area contributed by atoms with E-state index in [2.05, 4.69) is 20.9 Å². The van der Waals surface area contributed by atoms with Crippen molar-refractivity contribution >= 4 is 39.5 Å². The summed E-state index contributed by atoms with van der Waals surface area (Å²) < 4.78 is 0.891. The number of amidine groups is 1. The Morgan fingerprint density at radius 1 is 1.44 bits per heavy atom. The number of halogens is 1. The Hall–Kier alpha value is -1.62. The van der Waals surface area contributed by atoms with Crippen molar-refractivity contribution in [2.75, 3.05) is 0 Å². The predicted molar refractivity (Wildman–Crippen MR) is 72.7 cm³/mol. The Morgan fingerprint density at radius 3 is 2.78 bits per heavy atom. The number of rotatable bonds is 1. The van der Waals surface area contributed by atoms with Gasteiger partial charge in [-0.05, 0) is 37.1 Å². The molecule has 0 aromatic heterocycles. The van der Waals surface area contributed by atoms with Gasteiger partial charge in [0.05, 0.1) is 16.7 Å². The van der Waals surface area contributed by atoms with E-state index in [9.17, 15) is 9.90 Å². The molecule has 4 nitrogen and oxygen atoms in total. The Balaban J connectivity index is 2.26.